The van der Waals surface area contributed by atoms with Gasteiger partial charge in [-0.2, -0.15) is 0 Å². The zero-order chi connectivity index (χ0) is 28.1. The second kappa shape index (κ2) is 12.3. The van der Waals surface area contributed by atoms with E-state index in [2.05, 4.69) is 10.6 Å². The normalized spacial score (nSPS) is 13.1. The lowest BCUT2D eigenvalue weighted by atomic mass is 9.95. The van der Waals surface area contributed by atoms with Crippen molar-refractivity contribution >= 4 is 23.6 Å². The summed E-state index contributed by atoms with van der Waals surface area (Å²) in [7, 11) is 1.61. The Hall–Kier alpha value is -3.35. The summed E-state index contributed by atoms with van der Waals surface area (Å²) in [6.07, 6.45) is -0.260. The molecule has 0 aromatic heterocycles. The highest BCUT2D eigenvalue weighted by atomic mass is 16.6. The molecule has 0 fully saturated rings. The van der Waals surface area contributed by atoms with Crippen LogP contribution in [0, 0.1) is 33.6 Å². The lowest BCUT2D eigenvalue weighted by Gasteiger charge is -2.33. The molecule has 2 unspecified atom stereocenters. The van der Waals surface area contributed by atoms with Gasteiger partial charge in [-0.05, 0) is 83.1 Å². The summed E-state index contributed by atoms with van der Waals surface area (Å²) >= 11 is 0. The van der Waals surface area contributed by atoms with Crippen LogP contribution in [-0.2, 0) is 14.3 Å². The molecule has 0 aliphatic heterocycles. The van der Waals surface area contributed by atoms with Crippen molar-refractivity contribution in [2.75, 3.05) is 12.4 Å². The molecule has 0 aliphatic carbocycles. The Bertz CT molecular complexity index is 1110. The molecule has 2 aromatic carbocycles. The van der Waals surface area contributed by atoms with Gasteiger partial charge in [0.1, 0.15) is 17.7 Å². The highest BCUT2D eigenvalue weighted by molar-refractivity contribution is 6.00. The van der Waals surface area contributed by atoms with E-state index in [0.29, 0.717) is 6.42 Å². The minimum absolute atomic E-state index is 0.125. The molecule has 0 saturated heterocycles. The van der Waals surface area contributed by atoms with Crippen molar-refractivity contribution in [3.8, 4) is 0 Å². The first-order valence-electron chi connectivity index (χ1n) is 12.8. The van der Waals surface area contributed by atoms with E-state index in [1.54, 1.807) is 27.8 Å². The van der Waals surface area contributed by atoms with E-state index in [-0.39, 0.29) is 17.7 Å². The van der Waals surface area contributed by atoms with E-state index < -0.39 is 23.8 Å². The largest absolute Gasteiger partial charge is 0.444 e. The summed E-state index contributed by atoms with van der Waals surface area (Å²) < 4.78 is 5.41. The van der Waals surface area contributed by atoms with Crippen LogP contribution in [0.5, 0.6) is 0 Å². The number of aryl methyl sites for hydroxylation is 4. The summed E-state index contributed by atoms with van der Waals surface area (Å²) in [6, 6.07) is 9.94. The van der Waals surface area contributed by atoms with E-state index in [0.717, 1.165) is 33.5 Å². The van der Waals surface area contributed by atoms with Gasteiger partial charge < -0.3 is 20.3 Å². The second-order valence-corrected chi connectivity index (χ2v) is 11.3. The third kappa shape index (κ3) is 8.34. The smallest absolute Gasteiger partial charge is 0.408 e. The molecule has 202 valence electrons. The Morgan fingerprint density at radius 3 is 2.08 bits per heavy atom. The van der Waals surface area contributed by atoms with Crippen LogP contribution in [0.1, 0.15) is 74.9 Å². The second-order valence-electron chi connectivity index (χ2n) is 11.3. The minimum atomic E-state index is -0.901. The highest BCUT2D eigenvalue weighted by Gasteiger charge is 2.35. The lowest BCUT2D eigenvalue weighted by molar-refractivity contribution is -0.139. The number of hydrogen-bond acceptors (Lipinski definition) is 4. The van der Waals surface area contributed by atoms with Crippen molar-refractivity contribution in [1.82, 2.24) is 10.2 Å². The van der Waals surface area contributed by atoms with Crippen LogP contribution in [0.3, 0.4) is 0 Å². The van der Waals surface area contributed by atoms with Crippen molar-refractivity contribution in [3.63, 3.8) is 0 Å². The van der Waals surface area contributed by atoms with Crippen LogP contribution in [0.15, 0.2) is 36.4 Å². The van der Waals surface area contributed by atoms with Gasteiger partial charge in [0.15, 0.2) is 0 Å². The maximum Gasteiger partial charge on any atom is 0.408 e. The molecule has 2 rings (SSSR count). The van der Waals surface area contributed by atoms with Gasteiger partial charge in [-0.25, -0.2) is 4.79 Å². The molecule has 3 amide bonds. The average Bonchev–Trinajstić information content (AvgIpc) is 2.76. The van der Waals surface area contributed by atoms with Crippen molar-refractivity contribution in [1.29, 1.82) is 0 Å². The van der Waals surface area contributed by atoms with Gasteiger partial charge in [0.25, 0.3) is 5.91 Å². The van der Waals surface area contributed by atoms with Gasteiger partial charge in [0, 0.05) is 12.7 Å². The van der Waals surface area contributed by atoms with E-state index in [1.807, 2.05) is 77.9 Å². The number of benzene rings is 2. The van der Waals surface area contributed by atoms with Crippen molar-refractivity contribution in [3.05, 3.63) is 64.2 Å². The average molecular weight is 510 g/mol. The third-order valence-electron chi connectivity index (χ3n) is 6.14. The molecule has 7 heteroatoms. The Balaban J connectivity index is 2.49. The minimum Gasteiger partial charge on any atom is -0.444 e. The molecule has 7 nitrogen and oxygen atoms in total. The van der Waals surface area contributed by atoms with Crippen LogP contribution >= 0.6 is 0 Å². The number of carbonyl (C=O) groups excluding carboxylic acids is 3. The van der Waals surface area contributed by atoms with Crippen LogP contribution in [-0.4, -0.2) is 41.5 Å². The number of nitrogens with one attached hydrogen (secondary N) is 2. The highest BCUT2D eigenvalue weighted by Crippen LogP contribution is 2.29. The number of likely N-dealkylation sites (N-methyl/N-ethyl adjacent to an activating group) is 1. The van der Waals surface area contributed by atoms with Crippen molar-refractivity contribution < 1.29 is 19.1 Å². The van der Waals surface area contributed by atoms with Gasteiger partial charge in [-0.3, -0.25) is 9.59 Å². The molecule has 2 aromatic rings. The molecule has 2 atom stereocenters. The zero-order valence-electron chi connectivity index (χ0n) is 24.0. The third-order valence-corrected chi connectivity index (χ3v) is 6.14. The quantitative estimate of drug-likeness (QED) is 0.457. The van der Waals surface area contributed by atoms with Gasteiger partial charge in [0.05, 0.1) is 0 Å². The van der Waals surface area contributed by atoms with Gasteiger partial charge >= 0.3 is 6.09 Å². The summed E-state index contributed by atoms with van der Waals surface area (Å²) in [6.45, 7) is 17.0. The van der Waals surface area contributed by atoms with E-state index in [4.69, 9.17) is 4.74 Å². The van der Waals surface area contributed by atoms with Crippen LogP contribution in [0.2, 0.25) is 0 Å². The molecule has 0 spiro atoms. The fraction of sp³-hybridized carbons (Fsp3) is 0.500. The number of carbonyl (C=O) groups is 3. The molecule has 0 radical (unpaired) electrons. The number of amides is 3. The molecule has 0 heterocycles. The number of ether oxygens (including phenoxy) is 1. The first-order chi connectivity index (χ1) is 17.1. The van der Waals surface area contributed by atoms with Gasteiger partial charge in [0.2, 0.25) is 5.91 Å². The van der Waals surface area contributed by atoms with E-state index in [9.17, 15) is 14.4 Å². The predicted molar refractivity (Wildman–Crippen MR) is 149 cm³/mol. The maximum atomic E-state index is 13.9. The lowest BCUT2D eigenvalue weighted by Crippen LogP contribution is -2.51. The Kier molecular flexibility index (Phi) is 9.90. The number of para-hydroxylation sites is 1. The van der Waals surface area contributed by atoms with Crippen LogP contribution < -0.4 is 10.6 Å². The molecule has 2 N–H and O–H groups in total. The summed E-state index contributed by atoms with van der Waals surface area (Å²) in [5, 5.41) is 5.81. The first-order valence-corrected chi connectivity index (χ1v) is 12.8. The summed E-state index contributed by atoms with van der Waals surface area (Å²) in [5.74, 6) is -0.551. The number of nitrogens with zero attached hydrogens (tertiary/aromatic N) is 1. The SMILES string of the molecule is Cc1ccc(C)c(C(C(=O)Nc2c(C)cccc2C)N(C)C(=O)C(CC(C)C)NC(=O)OC(C)(C)C)c1. The maximum absolute atomic E-state index is 13.9. The van der Waals surface area contributed by atoms with Gasteiger partial charge in [-0.15, -0.1) is 0 Å². The summed E-state index contributed by atoms with van der Waals surface area (Å²) in [5.41, 5.74) is 4.52. The number of anilines is 1. The van der Waals surface area contributed by atoms with Crippen LogP contribution in [0.4, 0.5) is 10.5 Å². The first kappa shape index (κ1) is 29.9. The predicted octanol–water partition coefficient (Wildman–Crippen LogP) is 6.00. The van der Waals surface area contributed by atoms with Gasteiger partial charge in [-0.1, -0.05) is 55.8 Å². The van der Waals surface area contributed by atoms with E-state index in [1.165, 1.54) is 4.90 Å². The molecule has 0 bridgehead atoms. The molecular weight excluding hydrogens is 466 g/mol. The standard InChI is InChI=1S/C30H43N3O4/c1-18(2)16-24(31-29(36)37-30(7,8)9)28(35)33(10)26(23-17-19(3)14-15-20(23)4)27(34)32-25-21(5)12-11-13-22(25)6/h11-15,17-18,24,26H,16H2,1-10H3,(H,31,36)(H,32,34). The fourth-order valence-corrected chi connectivity index (χ4v) is 4.30. The molecule has 0 saturated carbocycles. The Morgan fingerprint density at radius 2 is 1.54 bits per heavy atom. The molecule has 37 heavy (non-hydrogen) atoms. The number of alkyl carbamates (subject to hydrolysis) is 1. The number of hydrogen-bond donors (Lipinski definition) is 2. The summed E-state index contributed by atoms with van der Waals surface area (Å²) in [4.78, 5) is 41.7. The Labute approximate surface area is 222 Å². The Morgan fingerprint density at radius 1 is 0.946 bits per heavy atom. The van der Waals surface area contributed by atoms with E-state index >= 15 is 0 Å². The fourth-order valence-electron chi connectivity index (χ4n) is 4.30. The zero-order valence-corrected chi connectivity index (χ0v) is 24.0. The topological polar surface area (TPSA) is 87.7 Å². The van der Waals surface area contributed by atoms with Crippen molar-refractivity contribution in [2.24, 2.45) is 5.92 Å². The monoisotopic (exact) mass is 509 g/mol. The number of rotatable bonds is 8. The molecular formula is C30H43N3O4. The van der Waals surface area contributed by atoms with Crippen molar-refractivity contribution in [2.45, 2.75) is 86.4 Å². The molecule has 0 aliphatic rings. The van der Waals surface area contributed by atoms with Crippen LogP contribution in [0.25, 0.3) is 0 Å².